The molecule has 1 aliphatic rings. The van der Waals surface area contributed by atoms with E-state index in [1.165, 1.54) is 5.56 Å². The minimum absolute atomic E-state index is 0.0130. The summed E-state index contributed by atoms with van der Waals surface area (Å²) in [6.07, 6.45) is 2.76. The Bertz CT molecular complexity index is 782. The van der Waals surface area contributed by atoms with E-state index in [0.717, 1.165) is 30.4 Å². The number of benzene rings is 2. The standard InChI is InChI=1S/C24H30N2O3/c1-29-18-21-9-7-20(8-10-21)17-25-24(28)22-13-15-26(16-14-22)23(27)12-11-19-5-3-2-4-6-19/h2-10,22H,11-18H2,1H3,(H,25,28). The molecule has 5 heteroatoms. The van der Waals surface area contributed by atoms with Crippen molar-refractivity contribution in [2.45, 2.75) is 38.8 Å². The van der Waals surface area contributed by atoms with Crippen LogP contribution in [0.3, 0.4) is 0 Å². The van der Waals surface area contributed by atoms with Crippen LogP contribution in [0, 0.1) is 5.92 Å². The second kappa shape index (κ2) is 10.8. The van der Waals surface area contributed by atoms with Crippen LogP contribution in [0.25, 0.3) is 0 Å². The lowest BCUT2D eigenvalue weighted by Crippen LogP contribution is -2.43. The number of piperidine rings is 1. The van der Waals surface area contributed by atoms with Crippen LogP contribution in [0.5, 0.6) is 0 Å². The summed E-state index contributed by atoms with van der Waals surface area (Å²) in [4.78, 5) is 26.8. The van der Waals surface area contributed by atoms with E-state index in [-0.39, 0.29) is 17.7 Å². The van der Waals surface area contributed by atoms with Gasteiger partial charge in [0.2, 0.25) is 11.8 Å². The molecular weight excluding hydrogens is 364 g/mol. The van der Waals surface area contributed by atoms with Gasteiger partial charge in [-0.15, -0.1) is 0 Å². The van der Waals surface area contributed by atoms with Crippen molar-refractivity contribution >= 4 is 11.8 Å². The zero-order valence-corrected chi connectivity index (χ0v) is 17.1. The Morgan fingerprint density at radius 3 is 2.28 bits per heavy atom. The zero-order chi connectivity index (χ0) is 20.5. The number of rotatable bonds is 8. The average molecular weight is 395 g/mol. The van der Waals surface area contributed by atoms with Crippen molar-refractivity contribution < 1.29 is 14.3 Å². The molecule has 0 unspecified atom stereocenters. The Hall–Kier alpha value is -2.66. The van der Waals surface area contributed by atoms with Crippen LogP contribution in [0.2, 0.25) is 0 Å². The van der Waals surface area contributed by atoms with Gasteiger partial charge in [0.25, 0.3) is 0 Å². The monoisotopic (exact) mass is 394 g/mol. The molecule has 0 aromatic heterocycles. The Morgan fingerprint density at radius 2 is 1.62 bits per heavy atom. The molecule has 1 saturated heterocycles. The maximum absolute atomic E-state index is 12.5. The van der Waals surface area contributed by atoms with E-state index < -0.39 is 0 Å². The van der Waals surface area contributed by atoms with Gasteiger partial charge < -0.3 is 15.0 Å². The fraction of sp³-hybridized carbons (Fsp3) is 0.417. The van der Waals surface area contributed by atoms with Gasteiger partial charge in [-0.3, -0.25) is 9.59 Å². The summed E-state index contributed by atoms with van der Waals surface area (Å²) in [6.45, 7) is 2.45. The lowest BCUT2D eigenvalue weighted by Gasteiger charge is -2.31. The molecule has 5 nitrogen and oxygen atoms in total. The fourth-order valence-electron chi connectivity index (χ4n) is 3.70. The number of hydrogen-bond donors (Lipinski definition) is 1. The van der Waals surface area contributed by atoms with Crippen molar-refractivity contribution in [2.75, 3.05) is 20.2 Å². The molecule has 3 rings (SSSR count). The molecule has 1 heterocycles. The van der Waals surface area contributed by atoms with Crippen LogP contribution in [-0.4, -0.2) is 36.9 Å². The van der Waals surface area contributed by atoms with Gasteiger partial charge in [-0.2, -0.15) is 0 Å². The highest BCUT2D eigenvalue weighted by molar-refractivity contribution is 5.80. The zero-order valence-electron chi connectivity index (χ0n) is 17.1. The van der Waals surface area contributed by atoms with Gasteiger partial charge in [0.15, 0.2) is 0 Å². The third kappa shape index (κ3) is 6.43. The fourth-order valence-corrected chi connectivity index (χ4v) is 3.70. The summed E-state index contributed by atoms with van der Waals surface area (Å²) in [5.74, 6) is 0.257. The summed E-state index contributed by atoms with van der Waals surface area (Å²) in [5, 5.41) is 3.04. The van der Waals surface area contributed by atoms with E-state index in [4.69, 9.17) is 4.74 Å². The average Bonchev–Trinajstić information content (AvgIpc) is 2.78. The van der Waals surface area contributed by atoms with Crippen LogP contribution < -0.4 is 5.32 Å². The molecule has 154 valence electrons. The number of methoxy groups -OCH3 is 1. The Labute approximate surface area is 173 Å². The largest absolute Gasteiger partial charge is 0.380 e. The second-order valence-corrected chi connectivity index (χ2v) is 7.61. The summed E-state index contributed by atoms with van der Waals surface area (Å²) >= 11 is 0. The molecule has 0 spiro atoms. The number of carbonyl (C=O) groups is 2. The summed E-state index contributed by atoms with van der Waals surface area (Å²) in [7, 11) is 1.68. The highest BCUT2D eigenvalue weighted by Crippen LogP contribution is 2.19. The molecule has 1 fully saturated rings. The predicted molar refractivity (Wildman–Crippen MR) is 113 cm³/mol. The van der Waals surface area contributed by atoms with Gasteiger partial charge >= 0.3 is 0 Å². The SMILES string of the molecule is COCc1ccc(CNC(=O)C2CCN(C(=O)CCc3ccccc3)CC2)cc1. The van der Waals surface area contributed by atoms with Crippen molar-refractivity contribution in [3.8, 4) is 0 Å². The van der Waals surface area contributed by atoms with E-state index in [1.54, 1.807) is 7.11 Å². The number of nitrogens with zero attached hydrogens (tertiary/aromatic N) is 1. The third-order valence-corrected chi connectivity index (χ3v) is 5.49. The van der Waals surface area contributed by atoms with Gasteiger partial charge in [-0.05, 0) is 36.0 Å². The van der Waals surface area contributed by atoms with Crippen molar-refractivity contribution in [1.29, 1.82) is 0 Å². The van der Waals surface area contributed by atoms with Crippen LogP contribution in [0.1, 0.15) is 36.0 Å². The first kappa shape index (κ1) is 21.1. The van der Waals surface area contributed by atoms with Crippen LogP contribution in [0.15, 0.2) is 54.6 Å². The van der Waals surface area contributed by atoms with Gasteiger partial charge in [0, 0.05) is 39.1 Å². The second-order valence-electron chi connectivity index (χ2n) is 7.61. The normalized spacial score (nSPS) is 14.6. The number of hydrogen-bond acceptors (Lipinski definition) is 3. The molecule has 2 aromatic rings. The number of amides is 2. The summed E-state index contributed by atoms with van der Waals surface area (Å²) in [6, 6.07) is 18.2. The van der Waals surface area contributed by atoms with Crippen molar-refractivity contribution in [3.05, 3.63) is 71.3 Å². The minimum atomic E-state index is -0.0130. The number of likely N-dealkylation sites (tertiary alicyclic amines) is 1. The quantitative estimate of drug-likeness (QED) is 0.747. The Kier molecular flexibility index (Phi) is 7.82. The van der Waals surface area contributed by atoms with Crippen LogP contribution in [-0.2, 0) is 33.9 Å². The van der Waals surface area contributed by atoms with Crippen LogP contribution >= 0.6 is 0 Å². The van der Waals surface area contributed by atoms with Gasteiger partial charge in [0.1, 0.15) is 0 Å². The first-order valence-corrected chi connectivity index (χ1v) is 10.3. The summed E-state index contributed by atoms with van der Waals surface area (Å²) < 4.78 is 5.11. The lowest BCUT2D eigenvalue weighted by atomic mass is 9.95. The predicted octanol–water partition coefficient (Wildman–Crippen LogP) is 3.32. The van der Waals surface area contributed by atoms with E-state index >= 15 is 0 Å². The number of carbonyl (C=O) groups excluding carboxylic acids is 2. The third-order valence-electron chi connectivity index (χ3n) is 5.49. The van der Waals surface area contributed by atoms with E-state index in [0.29, 0.717) is 32.7 Å². The Morgan fingerprint density at radius 1 is 0.966 bits per heavy atom. The van der Waals surface area contributed by atoms with Gasteiger partial charge in [0.05, 0.1) is 6.61 Å². The van der Waals surface area contributed by atoms with E-state index in [9.17, 15) is 9.59 Å². The Balaban J connectivity index is 1.38. The van der Waals surface area contributed by atoms with E-state index in [2.05, 4.69) is 17.4 Å². The topological polar surface area (TPSA) is 58.6 Å². The van der Waals surface area contributed by atoms with Crippen molar-refractivity contribution in [1.82, 2.24) is 10.2 Å². The number of nitrogens with one attached hydrogen (secondary N) is 1. The highest BCUT2D eigenvalue weighted by atomic mass is 16.5. The van der Waals surface area contributed by atoms with E-state index in [1.807, 2.05) is 47.4 Å². The highest BCUT2D eigenvalue weighted by Gasteiger charge is 2.26. The van der Waals surface area contributed by atoms with Crippen molar-refractivity contribution in [2.24, 2.45) is 5.92 Å². The molecule has 29 heavy (non-hydrogen) atoms. The molecule has 0 atom stereocenters. The minimum Gasteiger partial charge on any atom is -0.380 e. The first-order valence-electron chi connectivity index (χ1n) is 10.3. The maximum Gasteiger partial charge on any atom is 0.223 e. The van der Waals surface area contributed by atoms with Gasteiger partial charge in [-0.1, -0.05) is 54.6 Å². The van der Waals surface area contributed by atoms with Gasteiger partial charge in [-0.25, -0.2) is 0 Å². The summed E-state index contributed by atoms with van der Waals surface area (Å²) in [5.41, 5.74) is 3.38. The molecule has 2 aromatic carbocycles. The molecule has 1 aliphatic heterocycles. The number of aryl methyl sites for hydroxylation is 1. The molecule has 1 N–H and O–H groups in total. The lowest BCUT2D eigenvalue weighted by molar-refractivity contribution is -0.135. The smallest absolute Gasteiger partial charge is 0.223 e. The van der Waals surface area contributed by atoms with Crippen molar-refractivity contribution in [3.63, 3.8) is 0 Å². The molecule has 2 amide bonds. The number of ether oxygens (including phenoxy) is 1. The van der Waals surface area contributed by atoms with Crippen LogP contribution in [0.4, 0.5) is 0 Å². The molecule has 0 saturated carbocycles. The molecule has 0 aliphatic carbocycles. The molecule has 0 bridgehead atoms. The molecule has 0 radical (unpaired) electrons. The maximum atomic E-state index is 12.5. The molecular formula is C24H30N2O3. The first-order chi connectivity index (χ1) is 14.2.